The zero-order valence-corrected chi connectivity index (χ0v) is 9.91. The van der Waals surface area contributed by atoms with Crippen LogP contribution < -0.4 is 5.32 Å². The molecule has 1 aliphatic heterocycles. The Balaban J connectivity index is 2.38. The SMILES string of the molecule is CC(=C1SC(=NC#N)NC1=O)c1ccccc1. The lowest BCUT2D eigenvalue weighted by Crippen LogP contribution is -2.19. The molecule has 0 spiro atoms. The van der Waals surface area contributed by atoms with E-state index in [2.05, 4.69) is 10.3 Å². The molecule has 1 N–H and O–H groups in total. The van der Waals surface area contributed by atoms with Gasteiger partial charge in [0.15, 0.2) is 5.17 Å². The Morgan fingerprint density at radius 1 is 1.41 bits per heavy atom. The summed E-state index contributed by atoms with van der Waals surface area (Å²) in [7, 11) is 0. The molecular formula is C12H9N3OS. The predicted octanol–water partition coefficient (Wildman–Crippen LogP) is 2.12. The summed E-state index contributed by atoms with van der Waals surface area (Å²) in [6.07, 6.45) is 1.66. The van der Waals surface area contributed by atoms with Gasteiger partial charge in [0.1, 0.15) is 0 Å². The molecule has 1 aliphatic rings. The largest absolute Gasteiger partial charge is 0.300 e. The summed E-state index contributed by atoms with van der Waals surface area (Å²) in [5.41, 5.74) is 1.87. The van der Waals surface area contributed by atoms with Gasteiger partial charge in [-0.25, -0.2) is 0 Å². The standard InChI is InChI=1S/C12H9N3OS/c1-8(9-5-3-2-4-6-9)10-11(16)15-12(17-10)14-7-13/h2-6H,1H3,(H,14,15,16). The van der Waals surface area contributed by atoms with Crippen LogP contribution >= 0.6 is 11.8 Å². The van der Waals surface area contributed by atoms with Crippen LogP contribution in [-0.2, 0) is 4.79 Å². The van der Waals surface area contributed by atoms with Crippen molar-refractivity contribution in [3.63, 3.8) is 0 Å². The monoisotopic (exact) mass is 243 g/mol. The van der Waals surface area contributed by atoms with Crippen molar-refractivity contribution < 1.29 is 4.79 Å². The van der Waals surface area contributed by atoms with Crippen molar-refractivity contribution in [1.82, 2.24) is 5.32 Å². The summed E-state index contributed by atoms with van der Waals surface area (Å²) in [5, 5.41) is 11.3. The topological polar surface area (TPSA) is 65.2 Å². The van der Waals surface area contributed by atoms with Crippen molar-refractivity contribution in [3.8, 4) is 6.19 Å². The number of nitrogens with zero attached hydrogens (tertiary/aromatic N) is 2. The fourth-order valence-corrected chi connectivity index (χ4v) is 2.32. The third-order valence-electron chi connectivity index (χ3n) is 2.32. The van der Waals surface area contributed by atoms with Gasteiger partial charge >= 0.3 is 0 Å². The smallest absolute Gasteiger partial charge is 0.264 e. The molecule has 0 unspecified atom stereocenters. The quantitative estimate of drug-likeness (QED) is 0.607. The lowest BCUT2D eigenvalue weighted by molar-refractivity contribution is -0.115. The number of thioether (sulfide) groups is 1. The first-order chi connectivity index (χ1) is 8.22. The van der Waals surface area contributed by atoms with Gasteiger partial charge in [-0.15, -0.1) is 4.99 Å². The molecule has 5 heteroatoms. The summed E-state index contributed by atoms with van der Waals surface area (Å²) in [6.45, 7) is 1.88. The molecule has 0 aliphatic carbocycles. The van der Waals surface area contributed by atoms with Crippen LogP contribution in [-0.4, -0.2) is 11.1 Å². The van der Waals surface area contributed by atoms with E-state index in [1.54, 1.807) is 6.19 Å². The molecule has 1 saturated heterocycles. The van der Waals surface area contributed by atoms with Crippen LogP contribution in [0.2, 0.25) is 0 Å². The third-order valence-corrected chi connectivity index (χ3v) is 3.41. The van der Waals surface area contributed by atoms with Gasteiger partial charge in [-0.1, -0.05) is 30.3 Å². The van der Waals surface area contributed by atoms with Crippen molar-refractivity contribution >= 4 is 28.4 Å². The second kappa shape index (κ2) is 4.85. The molecule has 1 aromatic rings. The van der Waals surface area contributed by atoms with Crippen molar-refractivity contribution in [2.45, 2.75) is 6.92 Å². The minimum absolute atomic E-state index is 0.203. The minimum atomic E-state index is -0.203. The molecule has 0 aromatic heterocycles. The molecule has 1 amide bonds. The van der Waals surface area contributed by atoms with Gasteiger partial charge in [-0.05, 0) is 29.8 Å². The maximum atomic E-state index is 11.7. The highest BCUT2D eigenvalue weighted by Gasteiger charge is 2.26. The molecule has 17 heavy (non-hydrogen) atoms. The predicted molar refractivity (Wildman–Crippen MR) is 67.8 cm³/mol. The summed E-state index contributed by atoms with van der Waals surface area (Å²) >= 11 is 1.19. The first-order valence-electron chi connectivity index (χ1n) is 4.94. The van der Waals surface area contributed by atoms with Crippen LogP contribution in [0.1, 0.15) is 12.5 Å². The van der Waals surface area contributed by atoms with E-state index >= 15 is 0 Å². The number of aliphatic imine (C=N–C) groups is 1. The molecule has 0 radical (unpaired) electrons. The van der Waals surface area contributed by atoms with Gasteiger partial charge in [0.05, 0.1) is 4.91 Å². The molecule has 2 rings (SSSR count). The summed E-state index contributed by atoms with van der Waals surface area (Å²) in [5.74, 6) is -0.203. The van der Waals surface area contributed by atoms with Gasteiger partial charge < -0.3 is 0 Å². The molecule has 0 atom stereocenters. The highest BCUT2D eigenvalue weighted by Crippen LogP contribution is 2.31. The van der Waals surface area contributed by atoms with Crippen molar-refractivity contribution in [2.24, 2.45) is 4.99 Å². The highest BCUT2D eigenvalue weighted by molar-refractivity contribution is 8.18. The van der Waals surface area contributed by atoms with E-state index in [9.17, 15) is 4.79 Å². The Morgan fingerprint density at radius 2 is 2.12 bits per heavy atom. The van der Waals surface area contributed by atoms with Gasteiger partial charge in [0.2, 0.25) is 6.19 Å². The van der Waals surface area contributed by atoms with Crippen LogP contribution in [0.3, 0.4) is 0 Å². The number of carbonyl (C=O) groups excluding carboxylic acids is 1. The number of rotatable bonds is 1. The van der Waals surface area contributed by atoms with Gasteiger partial charge in [-0.3, -0.25) is 10.1 Å². The van der Waals surface area contributed by atoms with Crippen molar-refractivity contribution in [1.29, 1.82) is 5.26 Å². The van der Waals surface area contributed by atoms with Crippen molar-refractivity contribution in [3.05, 3.63) is 40.8 Å². The second-order valence-electron chi connectivity index (χ2n) is 3.39. The zero-order valence-electron chi connectivity index (χ0n) is 9.10. The van der Waals surface area contributed by atoms with Crippen LogP contribution in [0.15, 0.2) is 40.2 Å². The molecule has 0 bridgehead atoms. The molecule has 1 heterocycles. The molecule has 4 nitrogen and oxygen atoms in total. The Hall–Kier alpha value is -2.06. The van der Waals surface area contributed by atoms with Crippen LogP contribution in [0.4, 0.5) is 0 Å². The highest BCUT2D eigenvalue weighted by atomic mass is 32.2. The van der Waals surface area contributed by atoms with E-state index in [0.717, 1.165) is 11.1 Å². The van der Waals surface area contributed by atoms with Crippen LogP contribution in [0, 0.1) is 11.5 Å². The fraction of sp³-hybridized carbons (Fsp3) is 0.0833. The number of amidine groups is 1. The lowest BCUT2D eigenvalue weighted by atomic mass is 10.1. The lowest BCUT2D eigenvalue weighted by Gasteiger charge is -2.02. The summed E-state index contributed by atoms with van der Waals surface area (Å²) in [4.78, 5) is 15.8. The average molecular weight is 243 g/mol. The molecule has 0 saturated carbocycles. The van der Waals surface area contributed by atoms with E-state index in [4.69, 9.17) is 5.26 Å². The summed E-state index contributed by atoms with van der Waals surface area (Å²) in [6, 6.07) is 9.64. The van der Waals surface area contributed by atoms with Crippen molar-refractivity contribution in [2.75, 3.05) is 0 Å². The maximum absolute atomic E-state index is 11.7. The van der Waals surface area contributed by atoms with E-state index < -0.39 is 0 Å². The van der Waals surface area contributed by atoms with Gasteiger partial charge in [0, 0.05) is 0 Å². The number of amides is 1. The number of hydrogen-bond donors (Lipinski definition) is 1. The Kier molecular flexibility index (Phi) is 3.26. The zero-order chi connectivity index (χ0) is 12.3. The van der Waals surface area contributed by atoms with E-state index in [1.165, 1.54) is 11.8 Å². The number of hydrogen-bond acceptors (Lipinski definition) is 4. The number of nitriles is 1. The van der Waals surface area contributed by atoms with Gasteiger partial charge in [0.25, 0.3) is 5.91 Å². The van der Waals surface area contributed by atoms with Crippen LogP contribution in [0.25, 0.3) is 5.57 Å². The first-order valence-corrected chi connectivity index (χ1v) is 5.76. The molecule has 1 fully saturated rings. The third kappa shape index (κ3) is 2.37. The number of benzene rings is 1. The van der Waals surface area contributed by atoms with E-state index in [-0.39, 0.29) is 5.91 Å². The second-order valence-corrected chi connectivity index (χ2v) is 4.39. The van der Waals surface area contributed by atoms with Crippen LogP contribution in [0.5, 0.6) is 0 Å². The minimum Gasteiger partial charge on any atom is -0.300 e. The molecule has 84 valence electrons. The average Bonchev–Trinajstić information content (AvgIpc) is 2.71. The normalized spacial score (nSPS) is 20.0. The van der Waals surface area contributed by atoms with E-state index in [1.807, 2.05) is 37.3 Å². The first kappa shape index (κ1) is 11.4. The Morgan fingerprint density at radius 3 is 2.76 bits per heavy atom. The maximum Gasteiger partial charge on any atom is 0.264 e. The summed E-state index contributed by atoms with van der Waals surface area (Å²) < 4.78 is 0. The number of nitrogens with one attached hydrogen (secondary N) is 1. The number of carbonyl (C=O) groups is 1. The molecule has 1 aromatic carbocycles. The van der Waals surface area contributed by atoms with Gasteiger partial charge in [-0.2, -0.15) is 5.26 Å². The number of allylic oxidation sites excluding steroid dienone is 1. The Labute approximate surface area is 103 Å². The van der Waals surface area contributed by atoms with E-state index in [0.29, 0.717) is 10.1 Å². The molecular weight excluding hydrogens is 234 g/mol. The fourth-order valence-electron chi connectivity index (χ4n) is 1.48. The Bertz CT molecular complexity index is 555.